The van der Waals surface area contributed by atoms with Crippen molar-refractivity contribution in [1.82, 2.24) is 0 Å². The van der Waals surface area contributed by atoms with Crippen molar-refractivity contribution in [2.24, 2.45) is 0 Å². The van der Waals surface area contributed by atoms with Gasteiger partial charge in [0.05, 0.1) is 11.5 Å². The van der Waals surface area contributed by atoms with E-state index in [1.165, 1.54) is 24.7 Å². The molecule has 0 radical (unpaired) electrons. The smallest absolute Gasteiger partial charge is 0.311 e. The second kappa shape index (κ2) is 7.38. The van der Waals surface area contributed by atoms with Crippen LogP contribution in [0.25, 0.3) is 0 Å². The van der Waals surface area contributed by atoms with Gasteiger partial charge in [-0.3, -0.25) is 10.1 Å². The quantitative estimate of drug-likeness (QED) is 0.614. The predicted molar refractivity (Wildman–Crippen MR) is 82.9 cm³/mol. The van der Waals surface area contributed by atoms with Gasteiger partial charge < -0.3 is 10.1 Å². The minimum Gasteiger partial charge on any atom is -0.487 e. The van der Waals surface area contributed by atoms with E-state index in [4.69, 9.17) is 4.74 Å². The van der Waals surface area contributed by atoms with Crippen LogP contribution >= 0.6 is 11.8 Å². The summed E-state index contributed by atoms with van der Waals surface area (Å²) in [7, 11) is 0. The number of hydrogen-bond acceptors (Lipinski definition) is 5. The lowest BCUT2D eigenvalue weighted by Gasteiger charge is -2.13. The fourth-order valence-electron chi connectivity index (χ4n) is 2.14. The molecule has 1 aromatic carbocycles. The molecule has 110 valence electrons. The van der Waals surface area contributed by atoms with E-state index in [0.717, 1.165) is 18.7 Å². The van der Waals surface area contributed by atoms with Crippen molar-refractivity contribution in [3.8, 4) is 5.75 Å². The zero-order valence-electron chi connectivity index (χ0n) is 11.6. The molecule has 1 aliphatic heterocycles. The van der Waals surface area contributed by atoms with Crippen LogP contribution in [0.3, 0.4) is 0 Å². The number of nitro groups is 1. The third kappa shape index (κ3) is 4.03. The van der Waals surface area contributed by atoms with E-state index >= 15 is 0 Å². The molecule has 1 heterocycles. The number of nitro benzene ring substituents is 1. The van der Waals surface area contributed by atoms with E-state index in [9.17, 15) is 10.1 Å². The molecule has 2 rings (SSSR count). The molecule has 20 heavy (non-hydrogen) atoms. The van der Waals surface area contributed by atoms with E-state index in [1.807, 2.05) is 18.7 Å². The Morgan fingerprint density at radius 3 is 3.05 bits per heavy atom. The first-order chi connectivity index (χ1) is 9.70. The summed E-state index contributed by atoms with van der Waals surface area (Å²) in [6, 6.07) is 4.99. The van der Waals surface area contributed by atoms with Crippen LogP contribution in [-0.4, -0.2) is 29.1 Å². The highest BCUT2D eigenvalue weighted by Crippen LogP contribution is 2.31. The van der Waals surface area contributed by atoms with Crippen molar-refractivity contribution in [3.05, 3.63) is 28.3 Å². The van der Waals surface area contributed by atoms with Crippen LogP contribution in [0.2, 0.25) is 0 Å². The molecule has 0 aliphatic carbocycles. The molecule has 1 aromatic rings. The van der Waals surface area contributed by atoms with Gasteiger partial charge in [-0.15, -0.1) is 0 Å². The van der Waals surface area contributed by atoms with Crippen molar-refractivity contribution < 1.29 is 9.66 Å². The molecule has 0 bridgehead atoms. The average molecular weight is 296 g/mol. The predicted octanol–water partition coefficient (Wildman–Crippen LogP) is 3.69. The Morgan fingerprint density at radius 1 is 1.55 bits per heavy atom. The van der Waals surface area contributed by atoms with Gasteiger partial charge in [-0.1, -0.05) is 6.92 Å². The Labute approximate surface area is 123 Å². The first-order valence-corrected chi connectivity index (χ1v) is 8.02. The van der Waals surface area contributed by atoms with Crippen LogP contribution in [0.4, 0.5) is 11.4 Å². The van der Waals surface area contributed by atoms with Gasteiger partial charge in [0.1, 0.15) is 0 Å². The molecule has 1 atom stereocenters. The Morgan fingerprint density at radius 2 is 2.40 bits per heavy atom. The Kier molecular flexibility index (Phi) is 5.52. The van der Waals surface area contributed by atoms with Crippen LogP contribution in [0.5, 0.6) is 5.75 Å². The largest absolute Gasteiger partial charge is 0.487 e. The van der Waals surface area contributed by atoms with Crippen LogP contribution in [0.1, 0.15) is 26.2 Å². The van der Waals surface area contributed by atoms with Crippen molar-refractivity contribution in [2.75, 3.05) is 24.2 Å². The van der Waals surface area contributed by atoms with E-state index in [2.05, 4.69) is 5.32 Å². The zero-order chi connectivity index (χ0) is 14.4. The maximum Gasteiger partial charge on any atom is 0.311 e. The molecular formula is C14H20N2O3S. The highest BCUT2D eigenvalue weighted by molar-refractivity contribution is 8.00. The van der Waals surface area contributed by atoms with Gasteiger partial charge in [0.25, 0.3) is 0 Å². The standard InChI is InChI=1S/C14H20N2O3S/c1-2-7-19-14-9-11(5-6-13(14)16(17)18)15-10-12-4-3-8-20-12/h5-6,9,12,15H,2-4,7-8,10H2,1H3. The van der Waals surface area contributed by atoms with Gasteiger partial charge in [0.2, 0.25) is 0 Å². The van der Waals surface area contributed by atoms with Gasteiger partial charge in [-0.05, 0) is 31.1 Å². The van der Waals surface area contributed by atoms with Gasteiger partial charge in [-0.2, -0.15) is 11.8 Å². The minimum absolute atomic E-state index is 0.0271. The second-order valence-corrected chi connectivity index (χ2v) is 6.21. The highest BCUT2D eigenvalue weighted by Gasteiger charge is 2.17. The van der Waals surface area contributed by atoms with Crippen molar-refractivity contribution >= 4 is 23.1 Å². The van der Waals surface area contributed by atoms with Gasteiger partial charge in [0.15, 0.2) is 5.75 Å². The number of nitrogens with zero attached hydrogens (tertiary/aromatic N) is 1. The van der Waals surface area contributed by atoms with Crippen LogP contribution in [0.15, 0.2) is 18.2 Å². The number of anilines is 1. The number of nitrogens with one attached hydrogen (secondary N) is 1. The lowest BCUT2D eigenvalue weighted by Crippen LogP contribution is -2.13. The number of rotatable bonds is 7. The average Bonchev–Trinajstić information content (AvgIpc) is 2.96. The number of hydrogen-bond donors (Lipinski definition) is 1. The second-order valence-electron chi connectivity index (χ2n) is 4.80. The van der Waals surface area contributed by atoms with Gasteiger partial charge >= 0.3 is 5.69 Å². The summed E-state index contributed by atoms with van der Waals surface area (Å²) in [6.07, 6.45) is 3.35. The summed E-state index contributed by atoms with van der Waals surface area (Å²) >= 11 is 1.99. The monoisotopic (exact) mass is 296 g/mol. The molecule has 0 spiro atoms. The molecule has 1 aliphatic rings. The molecule has 1 unspecified atom stereocenters. The van der Waals surface area contributed by atoms with Crippen molar-refractivity contribution in [3.63, 3.8) is 0 Å². The number of thioether (sulfide) groups is 1. The highest BCUT2D eigenvalue weighted by atomic mass is 32.2. The van der Waals surface area contributed by atoms with Gasteiger partial charge in [-0.25, -0.2) is 0 Å². The summed E-state index contributed by atoms with van der Waals surface area (Å²) in [5.41, 5.74) is 0.911. The first kappa shape index (κ1) is 15.0. The summed E-state index contributed by atoms with van der Waals surface area (Å²) in [6.45, 7) is 3.36. The van der Waals surface area contributed by atoms with E-state index in [0.29, 0.717) is 17.6 Å². The molecule has 5 nitrogen and oxygen atoms in total. The number of ether oxygens (including phenoxy) is 1. The zero-order valence-corrected chi connectivity index (χ0v) is 12.4. The minimum atomic E-state index is -0.401. The van der Waals surface area contributed by atoms with Crippen LogP contribution < -0.4 is 10.1 Å². The SMILES string of the molecule is CCCOc1cc(NCC2CCCS2)ccc1[N+](=O)[O-]. The molecule has 0 saturated carbocycles. The summed E-state index contributed by atoms with van der Waals surface area (Å²) in [5, 5.41) is 15.0. The third-order valence-electron chi connectivity index (χ3n) is 3.18. The maximum absolute atomic E-state index is 11.0. The summed E-state index contributed by atoms with van der Waals surface area (Å²) in [4.78, 5) is 10.6. The normalized spacial score (nSPS) is 17.9. The van der Waals surface area contributed by atoms with Crippen molar-refractivity contribution in [1.29, 1.82) is 0 Å². The van der Waals surface area contributed by atoms with E-state index < -0.39 is 4.92 Å². The maximum atomic E-state index is 11.0. The number of benzene rings is 1. The summed E-state index contributed by atoms with van der Waals surface area (Å²) in [5.74, 6) is 1.58. The van der Waals surface area contributed by atoms with Crippen LogP contribution in [-0.2, 0) is 0 Å². The Bertz CT molecular complexity index is 462. The van der Waals surface area contributed by atoms with Crippen molar-refractivity contribution in [2.45, 2.75) is 31.4 Å². The van der Waals surface area contributed by atoms with Gasteiger partial charge in [0, 0.05) is 29.6 Å². The molecular weight excluding hydrogens is 276 g/mol. The van der Waals surface area contributed by atoms with E-state index in [1.54, 1.807) is 12.1 Å². The molecule has 0 amide bonds. The molecule has 6 heteroatoms. The lowest BCUT2D eigenvalue weighted by molar-refractivity contribution is -0.385. The third-order valence-corrected chi connectivity index (χ3v) is 4.57. The summed E-state index contributed by atoms with van der Waals surface area (Å²) < 4.78 is 5.47. The Hall–Kier alpha value is -1.43. The fourth-order valence-corrected chi connectivity index (χ4v) is 3.34. The fraction of sp³-hybridized carbons (Fsp3) is 0.571. The molecule has 0 aromatic heterocycles. The topological polar surface area (TPSA) is 64.4 Å². The Balaban J connectivity index is 2.03. The lowest BCUT2D eigenvalue weighted by atomic mass is 10.2. The van der Waals surface area contributed by atoms with E-state index in [-0.39, 0.29) is 5.69 Å². The molecule has 1 saturated heterocycles. The van der Waals surface area contributed by atoms with Crippen LogP contribution in [0, 0.1) is 10.1 Å². The molecule has 1 N–H and O–H groups in total. The first-order valence-electron chi connectivity index (χ1n) is 6.97. The molecule has 1 fully saturated rings.